The Balaban J connectivity index is 1.67. The van der Waals surface area contributed by atoms with Crippen LogP contribution in [0.5, 0.6) is 0 Å². The van der Waals surface area contributed by atoms with Gasteiger partial charge in [-0.2, -0.15) is 0 Å². The van der Waals surface area contributed by atoms with E-state index in [4.69, 9.17) is 34.0 Å². The van der Waals surface area contributed by atoms with Crippen molar-refractivity contribution in [3.8, 4) is 0 Å². The third-order valence-electron chi connectivity index (χ3n) is 4.47. The molecule has 2 aromatic carbocycles. The highest BCUT2D eigenvalue weighted by Crippen LogP contribution is 2.27. The highest BCUT2D eigenvalue weighted by atomic mass is 35.5. The van der Waals surface area contributed by atoms with Crippen LogP contribution < -0.4 is 21.7 Å². The van der Waals surface area contributed by atoms with Crippen molar-refractivity contribution in [1.29, 1.82) is 0 Å². The maximum Gasteiger partial charge on any atom is 0.315 e. The Morgan fingerprint density at radius 3 is 2.70 bits per heavy atom. The second kappa shape index (κ2) is 8.85. The minimum Gasteiger partial charge on any atom is -0.408 e. The first-order valence-electron chi connectivity index (χ1n) is 9.12. The lowest BCUT2D eigenvalue weighted by Crippen LogP contribution is -2.43. The van der Waals surface area contributed by atoms with E-state index in [9.17, 15) is 4.39 Å². The van der Waals surface area contributed by atoms with Crippen molar-refractivity contribution in [2.24, 2.45) is 0 Å². The van der Waals surface area contributed by atoms with Gasteiger partial charge in [0.15, 0.2) is 5.11 Å². The van der Waals surface area contributed by atoms with E-state index in [1.54, 1.807) is 19.1 Å². The van der Waals surface area contributed by atoms with E-state index in [-0.39, 0.29) is 5.02 Å². The molecular weight excluding hydrogens is 427 g/mol. The molecule has 0 bridgehead atoms. The van der Waals surface area contributed by atoms with Gasteiger partial charge in [0.25, 0.3) is 0 Å². The number of nitrogen functional groups attached to an aromatic ring is 1. The molecule has 0 atom stereocenters. The van der Waals surface area contributed by atoms with Crippen LogP contribution in [0.2, 0.25) is 5.02 Å². The van der Waals surface area contributed by atoms with Crippen LogP contribution in [0, 0.1) is 12.7 Å². The van der Waals surface area contributed by atoms with Crippen molar-refractivity contribution in [3.05, 3.63) is 64.3 Å². The SMILES string of the molecule is Cc1nnc(NCc2cccc(NC(=S)NC(C)(C)c3ccc(F)c(Cl)c3)c2N)o1. The molecule has 1 heterocycles. The summed E-state index contributed by atoms with van der Waals surface area (Å²) in [6.07, 6.45) is 0. The molecule has 3 aromatic rings. The summed E-state index contributed by atoms with van der Waals surface area (Å²) in [7, 11) is 0. The second-order valence-corrected chi connectivity index (χ2v) is 8.01. The summed E-state index contributed by atoms with van der Waals surface area (Å²) in [6, 6.07) is 10.5. The van der Waals surface area contributed by atoms with E-state index in [2.05, 4.69) is 26.1 Å². The van der Waals surface area contributed by atoms with E-state index in [1.165, 1.54) is 6.07 Å². The molecule has 0 spiro atoms. The zero-order chi connectivity index (χ0) is 21.9. The lowest BCUT2D eigenvalue weighted by Gasteiger charge is -2.29. The molecule has 1 aromatic heterocycles. The molecule has 10 heteroatoms. The molecule has 7 nitrogen and oxygen atoms in total. The molecule has 5 N–H and O–H groups in total. The Morgan fingerprint density at radius 2 is 2.03 bits per heavy atom. The van der Waals surface area contributed by atoms with Crippen molar-refractivity contribution in [3.63, 3.8) is 0 Å². The van der Waals surface area contributed by atoms with Gasteiger partial charge in [-0.15, -0.1) is 5.10 Å². The van der Waals surface area contributed by atoms with Gasteiger partial charge >= 0.3 is 6.01 Å². The molecule has 0 fully saturated rings. The van der Waals surface area contributed by atoms with E-state index < -0.39 is 11.4 Å². The first-order valence-corrected chi connectivity index (χ1v) is 9.90. The molecule has 0 aliphatic carbocycles. The minimum atomic E-state index is -0.592. The minimum absolute atomic E-state index is 0.0575. The number of halogens is 2. The third-order valence-corrected chi connectivity index (χ3v) is 4.96. The van der Waals surface area contributed by atoms with Gasteiger partial charge in [0.05, 0.1) is 21.9 Å². The Morgan fingerprint density at radius 1 is 1.27 bits per heavy atom. The number of thiocarbonyl (C=S) groups is 1. The topological polar surface area (TPSA) is 101 Å². The molecule has 30 heavy (non-hydrogen) atoms. The van der Waals surface area contributed by atoms with Crippen LogP contribution in [0.25, 0.3) is 0 Å². The quantitative estimate of drug-likeness (QED) is 0.321. The van der Waals surface area contributed by atoms with E-state index in [0.717, 1.165) is 11.1 Å². The van der Waals surface area contributed by atoms with E-state index >= 15 is 0 Å². The molecule has 0 unspecified atom stereocenters. The first-order chi connectivity index (χ1) is 14.2. The smallest absolute Gasteiger partial charge is 0.315 e. The number of rotatable bonds is 6. The van der Waals surface area contributed by atoms with Crippen molar-refractivity contribution < 1.29 is 8.81 Å². The number of benzene rings is 2. The molecule has 0 saturated heterocycles. The lowest BCUT2D eigenvalue weighted by atomic mass is 9.94. The molecule has 0 amide bonds. The average Bonchev–Trinajstić information content (AvgIpc) is 3.09. The maximum absolute atomic E-state index is 13.5. The molecule has 0 aliphatic heterocycles. The van der Waals surface area contributed by atoms with Crippen LogP contribution in [-0.4, -0.2) is 15.3 Å². The van der Waals surface area contributed by atoms with Gasteiger partial charge in [-0.05, 0) is 55.4 Å². The second-order valence-electron chi connectivity index (χ2n) is 7.19. The van der Waals surface area contributed by atoms with Crippen molar-refractivity contribution >= 4 is 46.3 Å². The number of aromatic nitrogens is 2. The summed E-state index contributed by atoms with van der Waals surface area (Å²) >= 11 is 11.4. The summed E-state index contributed by atoms with van der Waals surface area (Å²) in [5.74, 6) is 0.00757. The zero-order valence-electron chi connectivity index (χ0n) is 16.7. The number of anilines is 3. The largest absolute Gasteiger partial charge is 0.408 e. The van der Waals surface area contributed by atoms with Gasteiger partial charge in [0, 0.05) is 13.5 Å². The Hall–Kier alpha value is -2.91. The monoisotopic (exact) mass is 448 g/mol. The zero-order valence-corrected chi connectivity index (χ0v) is 18.3. The molecule has 0 radical (unpaired) electrons. The summed E-state index contributed by atoms with van der Waals surface area (Å²) < 4.78 is 18.8. The van der Waals surface area contributed by atoms with Crippen LogP contribution >= 0.6 is 23.8 Å². The number of hydrogen-bond donors (Lipinski definition) is 4. The number of hydrogen-bond acceptors (Lipinski definition) is 6. The first kappa shape index (κ1) is 21.8. The molecule has 0 saturated carbocycles. The number of para-hydroxylation sites is 1. The van der Waals surface area contributed by atoms with Crippen LogP contribution in [0.4, 0.5) is 21.8 Å². The Kier molecular flexibility index (Phi) is 6.42. The third kappa shape index (κ3) is 5.17. The fourth-order valence-corrected chi connectivity index (χ4v) is 3.36. The predicted molar refractivity (Wildman–Crippen MR) is 121 cm³/mol. The highest BCUT2D eigenvalue weighted by molar-refractivity contribution is 7.80. The van der Waals surface area contributed by atoms with Crippen molar-refractivity contribution in [2.75, 3.05) is 16.4 Å². The number of nitrogens with zero attached hydrogens (tertiary/aromatic N) is 2. The van der Waals surface area contributed by atoms with Crippen LogP contribution in [0.15, 0.2) is 40.8 Å². The van der Waals surface area contributed by atoms with Crippen molar-refractivity contribution in [1.82, 2.24) is 15.5 Å². The van der Waals surface area contributed by atoms with Gasteiger partial charge in [0.2, 0.25) is 5.89 Å². The van der Waals surface area contributed by atoms with Gasteiger partial charge < -0.3 is 26.1 Å². The average molecular weight is 449 g/mol. The summed E-state index contributed by atoms with van der Waals surface area (Å²) in [5, 5.41) is 17.4. The number of nitrogens with two attached hydrogens (primary N) is 1. The highest BCUT2D eigenvalue weighted by Gasteiger charge is 2.23. The summed E-state index contributed by atoms with van der Waals surface area (Å²) in [5.41, 5.74) is 8.52. The van der Waals surface area contributed by atoms with Gasteiger partial charge in [-0.25, -0.2) is 4.39 Å². The fourth-order valence-electron chi connectivity index (χ4n) is 2.81. The Bertz CT molecular complexity index is 1070. The van der Waals surface area contributed by atoms with Gasteiger partial charge in [0.1, 0.15) is 5.82 Å². The van der Waals surface area contributed by atoms with Gasteiger partial charge in [-0.3, -0.25) is 0 Å². The summed E-state index contributed by atoms with van der Waals surface area (Å²) in [6.45, 7) is 5.95. The fraction of sp³-hybridized carbons (Fsp3) is 0.250. The standard InChI is InChI=1S/C20H22ClFN6OS/c1-11-27-28-18(29-11)24-10-12-5-4-6-16(17(12)23)25-19(30)26-20(2,3)13-7-8-15(22)14(21)9-13/h4-9H,10,23H2,1-3H3,(H,24,28)(H2,25,26,30). The van der Waals surface area contributed by atoms with Gasteiger partial charge in [-0.1, -0.05) is 34.9 Å². The lowest BCUT2D eigenvalue weighted by molar-refractivity contribution is 0.487. The molecule has 3 rings (SSSR count). The normalized spacial score (nSPS) is 11.2. The van der Waals surface area contributed by atoms with Crippen molar-refractivity contribution in [2.45, 2.75) is 32.9 Å². The van der Waals surface area contributed by atoms with Crippen LogP contribution in [0.1, 0.15) is 30.9 Å². The Labute approximate surface area is 184 Å². The number of nitrogens with one attached hydrogen (secondary N) is 3. The number of aryl methyl sites for hydroxylation is 1. The summed E-state index contributed by atoms with van der Waals surface area (Å²) in [4.78, 5) is 0. The van der Waals surface area contributed by atoms with E-state index in [0.29, 0.717) is 34.9 Å². The maximum atomic E-state index is 13.5. The van der Waals surface area contributed by atoms with Crippen LogP contribution in [0.3, 0.4) is 0 Å². The molecular formula is C20H22ClFN6OS. The molecule has 158 valence electrons. The molecule has 0 aliphatic rings. The predicted octanol–water partition coefficient (Wildman–Crippen LogP) is 4.59. The van der Waals surface area contributed by atoms with Crippen LogP contribution in [-0.2, 0) is 12.1 Å². The van der Waals surface area contributed by atoms with E-state index in [1.807, 2.05) is 32.0 Å².